The van der Waals surface area contributed by atoms with Gasteiger partial charge in [-0.2, -0.15) is 0 Å². The fourth-order valence-electron chi connectivity index (χ4n) is 2.14. The molecule has 1 rings (SSSR count). The lowest BCUT2D eigenvalue weighted by Gasteiger charge is -2.27. The summed E-state index contributed by atoms with van der Waals surface area (Å²) in [6.45, 7) is 6.03. The van der Waals surface area contributed by atoms with E-state index in [1.807, 2.05) is 13.8 Å². The Kier molecular flexibility index (Phi) is 4.06. The Morgan fingerprint density at radius 3 is 2.73 bits per heavy atom. The minimum atomic E-state index is -0.215. The third-order valence-corrected chi connectivity index (χ3v) is 2.88. The summed E-state index contributed by atoms with van der Waals surface area (Å²) in [6, 6.07) is 0. The summed E-state index contributed by atoms with van der Waals surface area (Å²) in [6.07, 6.45) is 2.88. The van der Waals surface area contributed by atoms with Gasteiger partial charge in [0.25, 0.3) is 0 Å². The molecule has 0 amide bonds. The molecule has 0 saturated heterocycles. The molecule has 0 spiro atoms. The Hall–Kier alpha value is -1.12. The van der Waals surface area contributed by atoms with Crippen molar-refractivity contribution in [3.63, 3.8) is 0 Å². The average Bonchev–Trinajstić information content (AvgIpc) is 2.16. The largest absolute Gasteiger partial charge is 0.466 e. The molecule has 0 saturated carbocycles. The van der Waals surface area contributed by atoms with Crippen LogP contribution in [0.5, 0.6) is 0 Å². The number of carbonyl (C=O) groups excluding carboxylic acids is 2. The molecule has 15 heavy (non-hydrogen) atoms. The summed E-state index contributed by atoms with van der Waals surface area (Å²) >= 11 is 0. The van der Waals surface area contributed by atoms with Crippen molar-refractivity contribution in [1.82, 2.24) is 0 Å². The summed E-state index contributed by atoms with van der Waals surface area (Å²) < 4.78 is 5.03. The predicted octanol–water partition coefficient (Wildman–Crippen LogP) is 2.11. The molecule has 0 N–H and O–H groups in total. The fraction of sp³-hybridized carbons (Fsp3) is 0.667. The standard InChI is InChI=1S/C12H18O3/c1-4-9-7-10(13)6-8(3)11(9)12(14)15-5-2/h6,9,11H,4-5,7H2,1-3H3/t9-,11-/m1/s1. The number of ketones is 1. The van der Waals surface area contributed by atoms with Gasteiger partial charge in [0.15, 0.2) is 5.78 Å². The van der Waals surface area contributed by atoms with Gasteiger partial charge >= 0.3 is 5.97 Å². The maximum absolute atomic E-state index is 11.7. The molecule has 1 aliphatic rings. The molecule has 0 aliphatic heterocycles. The van der Waals surface area contributed by atoms with Crippen LogP contribution in [0.1, 0.15) is 33.6 Å². The summed E-state index contributed by atoms with van der Waals surface area (Å²) in [5.74, 6) is -0.167. The van der Waals surface area contributed by atoms with Gasteiger partial charge in [0.05, 0.1) is 12.5 Å². The quantitative estimate of drug-likeness (QED) is 0.670. The second kappa shape index (κ2) is 5.10. The topological polar surface area (TPSA) is 43.4 Å². The molecule has 0 unspecified atom stereocenters. The first-order valence-corrected chi connectivity index (χ1v) is 5.47. The minimum Gasteiger partial charge on any atom is -0.466 e. The highest BCUT2D eigenvalue weighted by atomic mass is 16.5. The third-order valence-electron chi connectivity index (χ3n) is 2.88. The van der Waals surface area contributed by atoms with Gasteiger partial charge in [-0.25, -0.2) is 0 Å². The molecule has 0 aromatic carbocycles. The van der Waals surface area contributed by atoms with Crippen LogP contribution in [0.3, 0.4) is 0 Å². The van der Waals surface area contributed by atoms with Gasteiger partial charge in [-0.1, -0.05) is 18.9 Å². The summed E-state index contributed by atoms with van der Waals surface area (Å²) in [5, 5.41) is 0. The maximum atomic E-state index is 11.7. The van der Waals surface area contributed by atoms with Crippen LogP contribution in [0.25, 0.3) is 0 Å². The number of allylic oxidation sites excluding steroid dienone is 1. The highest BCUT2D eigenvalue weighted by Crippen LogP contribution is 2.32. The van der Waals surface area contributed by atoms with Crippen LogP contribution in [0.15, 0.2) is 11.6 Å². The highest BCUT2D eigenvalue weighted by Gasteiger charge is 2.34. The molecule has 3 heteroatoms. The zero-order valence-electron chi connectivity index (χ0n) is 9.58. The molecular formula is C12H18O3. The van der Waals surface area contributed by atoms with Gasteiger partial charge in [0.1, 0.15) is 0 Å². The van der Waals surface area contributed by atoms with Crippen LogP contribution in [0, 0.1) is 11.8 Å². The van der Waals surface area contributed by atoms with E-state index in [-0.39, 0.29) is 23.6 Å². The van der Waals surface area contributed by atoms with Crippen molar-refractivity contribution in [2.24, 2.45) is 11.8 Å². The minimum absolute atomic E-state index is 0.113. The third kappa shape index (κ3) is 2.67. The SMILES string of the molecule is CCOC(=O)[C@@H]1C(C)=CC(=O)C[C@H]1CC. The van der Waals surface area contributed by atoms with E-state index >= 15 is 0 Å². The Morgan fingerprint density at radius 2 is 2.20 bits per heavy atom. The summed E-state index contributed by atoms with van der Waals surface area (Å²) in [5.41, 5.74) is 0.844. The molecule has 0 fully saturated rings. The van der Waals surface area contributed by atoms with Crippen molar-refractivity contribution in [1.29, 1.82) is 0 Å². The fourth-order valence-corrected chi connectivity index (χ4v) is 2.14. The zero-order valence-corrected chi connectivity index (χ0v) is 9.58. The molecule has 0 heterocycles. The molecule has 0 bridgehead atoms. The van der Waals surface area contributed by atoms with Crippen LogP contribution in [0.2, 0.25) is 0 Å². The van der Waals surface area contributed by atoms with Gasteiger partial charge in [-0.05, 0) is 25.8 Å². The molecule has 3 nitrogen and oxygen atoms in total. The lowest BCUT2D eigenvalue weighted by molar-refractivity contribution is -0.148. The number of hydrogen-bond donors (Lipinski definition) is 0. The number of rotatable bonds is 3. The van der Waals surface area contributed by atoms with Crippen LogP contribution in [-0.2, 0) is 14.3 Å². The van der Waals surface area contributed by atoms with E-state index in [1.54, 1.807) is 13.0 Å². The molecule has 2 atom stereocenters. The van der Waals surface area contributed by atoms with Crippen molar-refractivity contribution < 1.29 is 14.3 Å². The van der Waals surface area contributed by atoms with Gasteiger partial charge in [0.2, 0.25) is 0 Å². The molecule has 0 radical (unpaired) electrons. The normalized spacial score (nSPS) is 26.1. The molecule has 0 aromatic heterocycles. The van der Waals surface area contributed by atoms with Crippen LogP contribution in [0.4, 0.5) is 0 Å². The first-order valence-electron chi connectivity index (χ1n) is 5.47. The van der Waals surface area contributed by atoms with E-state index in [2.05, 4.69) is 0 Å². The van der Waals surface area contributed by atoms with Crippen LogP contribution < -0.4 is 0 Å². The van der Waals surface area contributed by atoms with E-state index in [0.29, 0.717) is 13.0 Å². The number of esters is 1. The monoisotopic (exact) mass is 210 g/mol. The van der Waals surface area contributed by atoms with Gasteiger partial charge in [-0.15, -0.1) is 0 Å². The smallest absolute Gasteiger partial charge is 0.313 e. The molecular weight excluding hydrogens is 192 g/mol. The van der Waals surface area contributed by atoms with E-state index in [4.69, 9.17) is 4.74 Å². The lowest BCUT2D eigenvalue weighted by atomic mass is 9.77. The van der Waals surface area contributed by atoms with Gasteiger partial charge < -0.3 is 4.74 Å². The van der Waals surface area contributed by atoms with Crippen LogP contribution in [-0.4, -0.2) is 18.4 Å². The van der Waals surface area contributed by atoms with Crippen molar-refractivity contribution in [3.05, 3.63) is 11.6 Å². The van der Waals surface area contributed by atoms with Gasteiger partial charge in [-0.3, -0.25) is 9.59 Å². The summed E-state index contributed by atoms with van der Waals surface area (Å²) in [7, 11) is 0. The predicted molar refractivity (Wildman–Crippen MR) is 57.3 cm³/mol. The average molecular weight is 210 g/mol. The highest BCUT2D eigenvalue weighted by molar-refractivity contribution is 5.94. The Bertz CT molecular complexity index is 291. The lowest BCUT2D eigenvalue weighted by Crippen LogP contribution is -2.31. The Morgan fingerprint density at radius 1 is 1.53 bits per heavy atom. The van der Waals surface area contributed by atoms with Crippen molar-refractivity contribution in [2.75, 3.05) is 6.61 Å². The molecule has 0 aromatic rings. The van der Waals surface area contributed by atoms with E-state index in [0.717, 1.165) is 12.0 Å². The van der Waals surface area contributed by atoms with Gasteiger partial charge in [0, 0.05) is 6.42 Å². The second-order valence-electron chi connectivity index (χ2n) is 3.96. The maximum Gasteiger partial charge on any atom is 0.313 e. The first-order chi connectivity index (χ1) is 7.10. The number of hydrogen-bond acceptors (Lipinski definition) is 3. The van der Waals surface area contributed by atoms with E-state index in [9.17, 15) is 9.59 Å². The first kappa shape index (κ1) is 12.0. The van der Waals surface area contributed by atoms with Crippen molar-refractivity contribution >= 4 is 11.8 Å². The Balaban J connectivity index is 2.86. The number of carbonyl (C=O) groups is 2. The number of ether oxygens (including phenoxy) is 1. The Labute approximate surface area is 90.5 Å². The van der Waals surface area contributed by atoms with E-state index < -0.39 is 0 Å². The zero-order chi connectivity index (χ0) is 11.4. The second-order valence-corrected chi connectivity index (χ2v) is 3.96. The molecule has 1 aliphatic carbocycles. The van der Waals surface area contributed by atoms with Crippen molar-refractivity contribution in [3.8, 4) is 0 Å². The van der Waals surface area contributed by atoms with Crippen molar-refractivity contribution in [2.45, 2.75) is 33.6 Å². The van der Waals surface area contributed by atoms with E-state index in [1.165, 1.54) is 0 Å². The summed E-state index contributed by atoms with van der Waals surface area (Å²) in [4.78, 5) is 23.1. The van der Waals surface area contributed by atoms with Crippen LogP contribution >= 0.6 is 0 Å². The molecule has 84 valence electrons.